The Bertz CT molecular complexity index is 960. The molecule has 0 atom stereocenters. The van der Waals surface area contributed by atoms with Gasteiger partial charge in [-0.05, 0) is 42.0 Å². The first kappa shape index (κ1) is 20.0. The Morgan fingerprint density at radius 2 is 1.54 bits per heavy atom. The second-order valence-electron chi connectivity index (χ2n) is 5.96. The Hall–Kier alpha value is -2.79. The van der Waals surface area contributed by atoms with E-state index in [1.165, 1.54) is 0 Å². The summed E-state index contributed by atoms with van der Waals surface area (Å²) in [6.45, 7) is 0. The molecule has 0 spiro atoms. The number of hydrogen-bond acceptors (Lipinski definition) is 3. The zero-order valence-electron chi connectivity index (χ0n) is 16.3. The molecular weight excluding hydrogens is 420 g/mol. The van der Waals surface area contributed by atoms with Crippen LogP contribution in [0.1, 0.15) is 11.1 Å². The van der Waals surface area contributed by atoms with Gasteiger partial charge in [0, 0.05) is 16.1 Å². The van der Waals surface area contributed by atoms with Gasteiger partial charge in [0.25, 0.3) is 7.11 Å². The van der Waals surface area contributed by atoms with E-state index in [0.717, 1.165) is 26.7 Å². The molecule has 0 aliphatic heterocycles. The Balaban J connectivity index is 2.46. The van der Waals surface area contributed by atoms with E-state index in [4.69, 9.17) is 18.6 Å². The summed E-state index contributed by atoms with van der Waals surface area (Å²) < 4.78 is 23.8. The van der Waals surface area contributed by atoms with Gasteiger partial charge in [0.2, 0.25) is 0 Å². The molecule has 3 rings (SSSR count). The highest BCUT2D eigenvalue weighted by Crippen LogP contribution is 2.42. The molecule has 2 aromatic carbocycles. The molecule has 4 nitrogen and oxygen atoms in total. The van der Waals surface area contributed by atoms with Gasteiger partial charge in [0.05, 0.1) is 26.9 Å². The molecule has 28 heavy (non-hydrogen) atoms. The molecule has 0 bridgehead atoms. The SMILES string of the molecule is COC1=CC=CC(=[O+]C)/C1=C(\c1ccc(Br)cc1)c1c(OC)cccc1OC. The molecule has 0 fully saturated rings. The van der Waals surface area contributed by atoms with E-state index in [1.54, 1.807) is 28.4 Å². The number of halogens is 1. The molecule has 0 heterocycles. The minimum absolute atomic E-state index is 0.699. The molecule has 144 valence electrons. The standard InChI is InChI=1S/C23H22BrO4/c1-25-17-7-5-8-18(26-2)22(17)21(15-11-13-16(24)14-12-15)23-19(27-3)9-6-10-20(23)28-4/h5-14H,1-4H3/q+1. The molecule has 1 aliphatic rings. The number of ether oxygens (including phenoxy) is 3. The third-order valence-corrected chi connectivity index (χ3v) is 5.02. The molecule has 0 saturated carbocycles. The van der Waals surface area contributed by atoms with Crippen LogP contribution in [0, 0.1) is 0 Å². The van der Waals surface area contributed by atoms with E-state index < -0.39 is 0 Å². The van der Waals surface area contributed by atoms with Gasteiger partial charge in [0.1, 0.15) is 22.8 Å². The number of hydrogen-bond donors (Lipinski definition) is 0. The first-order valence-electron chi connectivity index (χ1n) is 8.70. The molecule has 5 heteroatoms. The van der Waals surface area contributed by atoms with Crippen LogP contribution in [0.4, 0.5) is 0 Å². The predicted molar refractivity (Wildman–Crippen MR) is 115 cm³/mol. The summed E-state index contributed by atoms with van der Waals surface area (Å²) in [6.07, 6.45) is 5.73. The molecule has 2 aromatic rings. The van der Waals surface area contributed by atoms with E-state index in [-0.39, 0.29) is 0 Å². The number of carbonyl (C=O) groups excluding carboxylic acids is 1. The van der Waals surface area contributed by atoms with E-state index in [1.807, 2.05) is 60.7 Å². The van der Waals surface area contributed by atoms with Gasteiger partial charge in [-0.3, -0.25) is 4.42 Å². The largest absolute Gasteiger partial charge is 0.496 e. The maximum atomic E-state index is 5.69. The minimum atomic E-state index is 0.699. The van der Waals surface area contributed by atoms with Crippen LogP contribution in [0.25, 0.3) is 5.57 Å². The molecule has 0 unspecified atom stereocenters. The summed E-state index contributed by atoms with van der Waals surface area (Å²) in [5.41, 5.74) is 3.54. The highest BCUT2D eigenvalue weighted by molar-refractivity contribution is 9.10. The second kappa shape index (κ2) is 8.93. The Labute approximate surface area is 173 Å². The second-order valence-corrected chi connectivity index (χ2v) is 6.87. The lowest BCUT2D eigenvalue weighted by atomic mass is 9.87. The summed E-state index contributed by atoms with van der Waals surface area (Å²) in [5.74, 6) is 2.80. The van der Waals surface area contributed by atoms with Crippen LogP contribution in [-0.4, -0.2) is 34.2 Å². The van der Waals surface area contributed by atoms with Crippen LogP contribution < -0.4 is 9.47 Å². The maximum absolute atomic E-state index is 5.69. The van der Waals surface area contributed by atoms with Crippen LogP contribution >= 0.6 is 15.9 Å². The van der Waals surface area contributed by atoms with Gasteiger partial charge in [-0.25, -0.2) is 0 Å². The van der Waals surface area contributed by atoms with Crippen molar-refractivity contribution in [1.82, 2.24) is 0 Å². The molecule has 0 amide bonds. The Morgan fingerprint density at radius 1 is 0.893 bits per heavy atom. The topological polar surface area (TPSA) is 39.0 Å². The number of allylic oxidation sites excluding steroid dienone is 4. The monoisotopic (exact) mass is 441 g/mol. The number of rotatable bonds is 5. The molecule has 0 radical (unpaired) electrons. The van der Waals surface area contributed by atoms with Crippen molar-refractivity contribution in [2.45, 2.75) is 0 Å². The van der Waals surface area contributed by atoms with Gasteiger partial charge in [-0.15, -0.1) is 0 Å². The van der Waals surface area contributed by atoms with Crippen molar-refractivity contribution in [3.63, 3.8) is 0 Å². The average molecular weight is 442 g/mol. The fourth-order valence-corrected chi connectivity index (χ4v) is 3.49. The quantitative estimate of drug-likeness (QED) is 0.478. The highest BCUT2D eigenvalue weighted by atomic mass is 79.9. The predicted octanol–water partition coefficient (Wildman–Crippen LogP) is 5.10. The first-order chi connectivity index (χ1) is 13.6. The average Bonchev–Trinajstić information content (AvgIpc) is 2.75. The van der Waals surface area contributed by atoms with Gasteiger partial charge in [0.15, 0.2) is 0 Å². The fraction of sp³-hybridized carbons (Fsp3) is 0.174. The smallest absolute Gasteiger partial charge is 0.354 e. The van der Waals surface area contributed by atoms with Gasteiger partial charge < -0.3 is 14.2 Å². The summed E-state index contributed by atoms with van der Waals surface area (Å²) in [6, 6.07) is 13.8. The van der Waals surface area contributed by atoms with Crippen molar-refractivity contribution in [1.29, 1.82) is 0 Å². The van der Waals surface area contributed by atoms with Crippen molar-refractivity contribution >= 4 is 27.3 Å². The normalized spacial score (nSPS) is 16.6. The summed E-state index contributed by atoms with van der Waals surface area (Å²) in [4.78, 5) is 0. The van der Waals surface area contributed by atoms with Gasteiger partial charge >= 0.3 is 5.78 Å². The van der Waals surface area contributed by atoms with E-state index in [9.17, 15) is 0 Å². The van der Waals surface area contributed by atoms with Crippen molar-refractivity contribution in [3.8, 4) is 11.5 Å². The summed E-state index contributed by atoms with van der Waals surface area (Å²) >= 11 is 3.51. The molecule has 0 saturated heterocycles. The highest BCUT2D eigenvalue weighted by Gasteiger charge is 2.31. The Kier molecular flexibility index (Phi) is 6.37. The lowest BCUT2D eigenvalue weighted by Gasteiger charge is -2.20. The Morgan fingerprint density at radius 3 is 2.07 bits per heavy atom. The molecule has 0 N–H and O–H groups in total. The van der Waals surface area contributed by atoms with E-state index in [0.29, 0.717) is 23.0 Å². The molecule has 1 aliphatic carbocycles. The van der Waals surface area contributed by atoms with Crippen LogP contribution in [0.15, 0.2) is 76.5 Å². The maximum Gasteiger partial charge on any atom is 0.354 e. The van der Waals surface area contributed by atoms with Crippen LogP contribution in [0.3, 0.4) is 0 Å². The minimum Gasteiger partial charge on any atom is -0.496 e. The molecule has 0 aromatic heterocycles. The van der Waals surface area contributed by atoms with Crippen molar-refractivity contribution in [2.24, 2.45) is 0 Å². The number of benzene rings is 2. The summed E-state index contributed by atoms with van der Waals surface area (Å²) in [7, 11) is 6.60. The lowest BCUT2D eigenvalue weighted by molar-refractivity contribution is -0.418. The van der Waals surface area contributed by atoms with Gasteiger partial charge in [-0.2, -0.15) is 0 Å². The van der Waals surface area contributed by atoms with Crippen LogP contribution in [-0.2, 0) is 9.16 Å². The van der Waals surface area contributed by atoms with Crippen molar-refractivity contribution in [3.05, 3.63) is 87.6 Å². The third-order valence-electron chi connectivity index (χ3n) is 4.49. The lowest BCUT2D eigenvalue weighted by Crippen LogP contribution is -2.13. The van der Waals surface area contributed by atoms with Crippen LogP contribution in [0.2, 0.25) is 0 Å². The zero-order valence-corrected chi connectivity index (χ0v) is 17.9. The molecular formula is C23H22BrO4+. The third kappa shape index (κ3) is 3.76. The van der Waals surface area contributed by atoms with E-state index in [2.05, 4.69) is 15.9 Å². The zero-order chi connectivity index (χ0) is 20.1. The first-order valence-corrected chi connectivity index (χ1v) is 9.49. The number of methoxy groups -OCH3 is 3. The van der Waals surface area contributed by atoms with Crippen LogP contribution in [0.5, 0.6) is 11.5 Å². The fourth-order valence-electron chi connectivity index (χ4n) is 3.23. The van der Waals surface area contributed by atoms with Crippen molar-refractivity contribution < 1.29 is 18.6 Å². The van der Waals surface area contributed by atoms with Gasteiger partial charge in [-0.1, -0.05) is 34.1 Å². The summed E-state index contributed by atoms with van der Waals surface area (Å²) in [5, 5.41) is 0. The van der Waals surface area contributed by atoms with E-state index >= 15 is 0 Å². The number of ketones is 1. The van der Waals surface area contributed by atoms with Crippen molar-refractivity contribution in [2.75, 3.05) is 28.4 Å².